The lowest BCUT2D eigenvalue weighted by Crippen LogP contribution is -2.26. The smallest absolute Gasteiger partial charge is 0.483 e. The molecule has 0 fully saturated rings. The Bertz CT molecular complexity index is 729. The zero-order valence-electron chi connectivity index (χ0n) is 13.2. The molecule has 2 aliphatic rings. The summed E-state index contributed by atoms with van der Waals surface area (Å²) in [5.41, 5.74) is 0.432. The Labute approximate surface area is 135 Å². The molecule has 5 nitrogen and oxygen atoms in total. The number of halogens is 3. The van der Waals surface area contributed by atoms with Crippen LogP contribution in [0.5, 0.6) is 11.5 Å². The number of ether oxygens (including phenoxy) is 4. The largest absolute Gasteiger partial charge is 0.586 e. The van der Waals surface area contributed by atoms with E-state index in [0.717, 1.165) is 6.07 Å². The van der Waals surface area contributed by atoms with E-state index >= 15 is 0 Å². The van der Waals surface area contributed by atoms with E-state index in [1.165, 1.54) is 6.07 Å². The summed E-state index contributed by atoms with van der Waals surface area (Å²) < 4.78 is 59.7. The first-order valence-electron chi connectivity index (χ1n) is 7.41. The van der Waals surface area contributed by atoms with Gasteiger partial charge >= 0.3 is 12.3 Å². The topological polar surface area (TPSA) is 54.0 Å². The Morgan fingerprint density at radius 2 is 1.92 bits per heavy atom. The predicted octanol–water partition coefficient (Wildman–Crippen LogP) is 3.48. The van der Waals surface area contributed by atoms with Gasteiger partial charge in [-0.2, -0.15) is 0 Å². The number of esters is 1. The number of alkyl halides is 2. The lowest BCUT2D eigenvalue weighted by Gasteiger charge is -2.13. The van der Waals surface area contributed by atoms with Gasteiger partial charge in [0.05, 0.1) is 6.61 Å². The van der Waals surface area contributed by atoms with Crippen LogP contribution >= 0.6 is 0 Å². The van der Waals surface area contributed by atoms with Gasteiger partial charge in [0.2, 0.25) is 11.5 Å². The van der Waals surface area contributed by atoms with Crippen molar-refractivity contribution in [3.8, 4) is 11.5 Å². The second kappa shape index (κ2) is 5.61. The minimum Gasteiger partial charge on any atom is -0.483 e. The first-order valence-corrected chi connectivity index (χ1v) is 7.41. The van der Waals surface area contributed by atoms with Crippen molar-refractivity contribution in [3.05, 3.63) is 29.3 Å². The highest BCUT2D eigenvalue weighted by molar-refractivity contribution is 5.98. The molecular weight excluding hydrogens is 329 g/mol. The van der Waals surface area contributed by atoms with Gasteiger partial charge in [-0.15, -0.1) is 8.78 Å². The first kappa shape index (κ1) is 16.5. The third-order valence-corrected chi connectivity index (χ3v) is 3.96. The third kappa shape index (κ3) is 2.55. The molecule has 2 atom stereocenters. The average molecular weight is 344 g/mol. The third-order valence-electron chi connectivity index (χ3n) is 3.96. The van der Waals surface area contributed by atoms with E-state index < -0.39 is 29.6 Å². The summed E-state index contributed by atoms with van der Waals surface area (Å²) in [6.45, 7) is 5.25. The van der Waals surface area contributed by atoms with Crippen molar-refractivity contribution in [2.24, 2.45) is 5.92 Å². The van der Waals surface area contributed by atoms with Crippen LogP contribution in [0.3, 0.4) is 0 Å². The number of rotatable bonds is 3. The van der Waals surface area contributed by atoms with Crippen molar-refractivity contribution in [2.75, 3.05) is 6.61 Å². The maximum absolute atomic E-state index is 13.8. The summed E-state index contributed by atoms with van der Waals surface area (Å²) in [7, 11) is 0. The second-order valence-corrected chi connectivity index (χ2v) is 5.50. The van der Waals surface area contributed by atoms with Gasteiger partial charge in [-0.3, -0.25) is 0 Å². The average Bonchev–Trinajstić information content (AvgIpc) is 2.98. The number of hydrogen-bond acceptors (Lipinski definition) is 5. The normalized spacial score (nSPS) is 24.1. The minimum absolute atomic E-state index is 0.0931. The molecule has 0 radical (unpaired) electrons. The standard InChI is InChI=1S/C16H15F3O5/c1-4-21-15(20)14-11(7(2)8(3)22-14)9-5-6-10(17)13-12(9)23-16(18,19)24-13/h5-8H,4H2,1-3H3. The van der Waals surface area contributed by atoms with Gasteiger partial charge in [-0.05, 0) is 26.0 Å². The molecule has 1 aromatic carbocycles. The Kier molecular flexibility index (Phi) is 3.85. The summed E-state index contributed by atoms with van der Waals surface area (Å²) in [6.07, 6.45) is -4.36. The molecule has 0 bridgehead atoms. The zero-order valence-corrected chi connectivity index (χ0v) is 13.2. The number of carbonyl (C=O) groups is 1. The van der Waals surface area contributed by atoms with Crippen molar-refractivity contribution in [1.82, 2.24) is 0 Å². The number of benzene rings is 1. The Hall–Kier alpha value is -2.38. The number of carbonyl (C=O) groups excluding carboxylic acids is 1. The molecular formula is C16H15F3O5. The van der Waals surface area contributed by atoms with E-state index in [1.54, 1.807) is 20.8 Å². The van der Waals surface area contributed by atoms with E-state index in [2.05, 4.69) is 9.47 Å². The monoisotopic (exact) mass is 344 g/mol. The summed E-state index contributed by atoms with van der Waals surface area (Å²) in [4.78, 5) is 12.1. The molecule has 8 heteroatoms. The van der Waals surface area contributed by atoms with Crippen molar-refractivity contribution in [3.63, 3.8) is 0 Å². The van der Waals surface area contributed by atoms with Crippen molar-refractivity contribution >= 4 is 11.5 Å². The molecule has 0 saturated heterocycles. The van der Waals surface area contributed by atoms with Crippen molar-refractivity contribution in [1.29, 1.82) is 0 Å². The fourth-order valence-corrected chi connectivity index (χ4v) is 2.72. The van der Waals surface area contributed by atoms with Crippen LogP contribution in [0.15, 0.2) is 17.9 Å². The van der Waals surface area contributed by atoms with Crippen LogP contribution in [0.2, 0.25) is 0 Å². The Balaban J connectivity index is 2.15. The van der Waals surface area contributed by atoms with Crippen LogP contribution in [-0.4, -0.2) is 25.0 Å². The molecule has 130 valence electrons. The molecule has 0 saturated carbocycles. The molecule has 2 unspecified atom stereocenters. The van der Waals surface area contributed by atoms with Crippen molar-refractivity contribution in [2.45, 2.75) is 33.2 Å². The quantitative estimate of drug-likeness (QED) is 0.786. The maximum atomic E-state index is 13.8. The van der Waals surface area contributed by atoms with Crippen LogP contribution in [0.25, 0.3) is 5.57 Å². The predicted molar refractivity (Wildman–Crippen MR) is 75.9 cm³/mol. The molecule has 0 aromatic heterocycles. The van der Waals surface area contributed by atoms with Gasteiger partial charge in [-0.25, -0.2) is 9.18 Å². The van der Waals surface area contributed by atoms with Crippen LogP contribution in [0.4, 0.5) is 13.2 Å². The van der Waals surface area contributed by atoms with E-state index in [4.69, 9.17) is 9.47 Å². The molecule has 0 N–H and O–H groups in total. The van der Waals surface area contributed by atoms with Crippen LogP contribution in [0.1, 0.15) is 26.3 Å². The van der Waals surface area contributed by atoms with Gasteiger partial charge in [0, 0.05) is 17.1 Å². The first-order chi connectivity index (χ1) is 11.2. The SMILES string of the molecule is CCOC(=O)C1=C(c2ccc(F)c3c2OC(F)(F)O3)C(C)C(C)O1. The van der Waals surface area contributed by atoms with E-state index in [-0.39, 0.29) is 30.0 Å². The fourth-order valence-electron chi connectivity index (χ4n) is 2.72. The second-order valence-electron chi connectivity index (χ2n) is 5.50. The molecule has 24 heavy (non-hydrogen) atoms. The Morgan fingerprint density at radius 3 is 2.58 bits per heavy atom. The lowest BCUT2D eigenvalue weighted by atomic mass is 9.90. The minimum atomic E-state index is -3.97. The maximum Gasteiger partial charge on any atom is 0.586 e. The zero-order chi connectivity index (χ0) is 17.6. The summed E-state index contributed by atoms with van der Waals surface area (Å²) >= 11 is 0. The summed E-state index contributed by atoms with van der Waals surface area (Å²) in [6, 6.07) is 2.23. The molecule has 2 heterocycles. The Morgan fingerprint density at radius 1 is 1.25 bits per heavy atom. The number of fused-ring (bicyclic) bond motifs is 1. The van der Waals surface area contributed by atoms with Gasteiger partial charge in [0.15, 0.2) is 11.6 Å². The highest BCUT2D eigenvalue weighted by Crippen LogP contribution is 2.50. The molecule has 3 rings (SSSR count). The van der Waals surface area contributed by atoms with Crippen LogP contribution in [0, 0.1) is 11.7 Å². The highest BCUT2D eigenvalue weighted by Gasteiger charge is 2.48. The molecule has 0 aliphatic carbocycles. The molecule has 2 aliphatic heterocycles. The summed E-state index contributed by atoms with van der Waals surface area (Å²) in [5, 5.41) is 0. The van der Waals surface area contributed by atoms with E-state index in [9.17, 15) is 18.0 Å². The van der Waals surface area contributed by atoms with E-state index in [1.807, 2.05) is 0 Å². The molecule has 1 aromatic rings. The highest BCUT2D eigenvalue weighted by atomic mass is 19.3. The molecule has 0 spiro atoms. The van der Waals surface area contributed by atoms with Gasteiger partial charge in [0.25, 0.3) is 0 Å². The van der Waals surface area contributed by atoms with Crippen molar-refractivity contribution < 1.29 is 36.9 Å². The van der Waals surface area contributed by atoms with Crippen LogP contribution in [-0.2, 0) is 14.3 Å². The van der Waals surface area contributed by atoms with Gasteiger partial charge < -0.3 is 18.9 Å². The van der Waals surface area contributed by atoms with Crippen LogP contribution < -0.4 is 9.47 Å². The molecule has 0 amide bonds. The summed E-state index contributed by atoms with van der Waals surface area (Å²) in [5.74, 6) is -3.26. The fraction of sp³-hybridized carbons (Fsp3) is 0.438. The lowest BCUT2D eigenvalue weighted by molar-refractivity contribution is -0.287. The number of hydrogen-bond donors (Lipinski definition) is 0. The van der Waals surface area contributed by atoms with Gasteiger partial charge in [0.1, 0.15) is 6.10 Å². The van der Waals surface area contributed by atoms with E-state index in [0.29, 0.717) is 5.57 Å². The van der Waals surface area contributed by atoms with Gasteiger partial charge in [-0.1, -0.05) is 6.92 Å².